The zero-order valence-electron chi connectivity index (χ0n) is 15.9. The van der Waals surface area contributed by atoms with Gasteiger partial charge in [0, 0.05) is 42.8 Å². The standard InChI is InChI=1S/C21H23FN2O4/c1-13-4-3-5-19(23-13)28-10-14-9-24(20(25)12-26-2)21-16-8-15(22)6-7-18(16)27-11-17(14)21/h3-8,14,17,21H,9-12H2,1-2H3/t14-,17-,21-/m0/s1. The Bertz CT molecular complexity index is 875. The van der Waals surface area contributed by atoms with Gasteiger partial charge in [0.05, 0.1) is 19.3 Å². The van der Waals surface area contributed by atoms with Gasteiger partial charge in [-0.05, 0) is 31.2 Å². The van der Waals surface area contributed by atoms with Gasteiger partial charge in [-0.2, -0.15) is 0 Å². The number of carbonyl (C=O) groups is 1. The number of aromatic nitrogens is 1. The van der Waals surface area contributed by atoms with E-state index in [2.05, 4.69) is 4.98 Å². The lowest BCUT2D eigenvalue weighted by Crippen LogP contribution is -2.37. The van der Waals surface area contributed by atoms with Crippen LogP contribution in [0.15, 0.2) is 36.4 Å². The maximum atomic E-state index is 13.9. The minimum absolute atomic E-state index is 0.0122. The molecule has 1 fully saturated rings. The van der Waals surface area contributed by atoms with Crippen molar-refractivity contribution in [3.8, 4) is 11.6 Å². The van der Waals surface area contributed by atoms with Gasteiger partial charge >= 0.3 is 0 Å². The number of ether oxygens (including phenoxy) is 3. The molecule has 0 bridgehead atoms. The topological polar surface area (TPSA) is 60.9 Å². The first-order chi connectivity index (χ1) is 13.6. The molecule has 0 saturated carbocycles. The molecule has 7 heteroatoms. The Hall–Kier alpha value is -2.67. The van der Waals surface area contributed by atoms with Crippen molar-refractivity contribution in [1.29, 1.82) is 0 Å². The number of hydrogen-bond acceptors (Lipinski definition) is 5. The second-order valence-corrected chi connectivity index (χ2v) is 7.27. The molecule has 1 amide bonds. The molecule has 0 unspecified atom stereocenters. The monoisotopic (exact) mass is 386 g/mol. The first kappa shape index (κ1) is 18.7. The molecule has 1 aromatic carbocycles. The van der Waals surface area contributed by atoms with Crippen LogP contribution in [0.1, 0.15) is 17.3 Å². The number of halogens is 1. The van der Waals surface area contributed by atoms with Gasteiger partial charge in [0.1, 0.15) is 18.2 Å². The largest absolute Gasteiger partial charge is 0.493 e. The minimum atomic E-state index is -0.342. The number of benzene rings is 1. The van der Waals surface area contributed by atoms with Gasteiger partial charge in [-0.1, -0.05) is 6.07 Å². The lowest BCUT2D eigenvalue weighted by Gasteiger charge is -2.34. The molecule has 0 radical (unpaired) electrons. The fourth-order valence-electron chi connectivity index (χ4n) is 4.11. The summed E-state index contributed by atoms with van der Waals surface area (Å²) in [5, 5.41) is 0. The van der Waals surface area contributed by atoms with Crippen LogP contribution < -0.4 is 9.47 Å². The van der Waals surface area contributed by atoms with Crippen LogP contribution in [0.5, 0.6) is 11.6 Å². The van der Waals surface area contributed by atoms with Gasteiger partial charge in [0.15, 0.2) is 0 Å². The Balaban J connectivity index is 1.59. The van der Waals surface area contributed by atoms with Crippen molar-refractivity contribution in [2.24, 2.45) is 11.8 Å². The number of hydrogen-bond donors (Lipinski definition) is 0. The van der Waals surface area contributed by atoms with Crippen molar-refractivity contribution in [1.82, 2.24) is 9.88 Å². The molecule has 6 nitrogen and oxygen atoms in total. The van der Waals surface area contributed by atoms with Crippen molar-refractivity contribution in [2.75, 3.05) is 33.5 Å². The minimum Gasteiger partial charge on any atom is -0.493 e. The van der Waals surface area contributed by atoms with E-state index < -0.39 is 0 Å². The third-order valence-corrected chi connectivity index (χ3v) is 5.40. The molecular weight excluding hydrogens is 363 g/mol. The van der Waals surface area contributed by atoms with E-state index in [1.54, 1.807) is 11.0 Å². The van der Waals surface area contributed by atoms with Crippen molar-refractivity contribution < 1.29 is 23.4 Å². The normalized spacial score (nSPS) is 23.0. The van der Waals surface area contributed by atoms with Crippen LogP contribution in [0.2, 0.25) is 0 Å². The summed E-state index contributed by atoms with van der Waals surface area (Å²) in [6.07, 6.45) is 0. The van der Waals surface area contributed by atoms with E-state index in [4.69, 9.17) is 14.2 Å². The van der Waals surface area contributed by atoms with E-state index >= 15 is 0 Å². The summed E-state index contributed by atoms with van der Waals surface area (Å²) in [4.78, 5) is 18.8. The van der Waals surface area contributed by atoms with Gasteiger partial charge in [-0.15, -0.1) is 0 Å². The smallest absolute Gasteiger partial charge is 0.249 e. The van der Waals surface area contributed by atoms with Crippen LogP contribution in [-0.2, 0) is 9.53 Å². The zero-order chi connectivity index (χ0) is 19.7. The van der Waals surface area contributed by atoms with Gasteiger partial charge in [0.2, 0.25) is 11.8 Å². The Morgan fingerprint density at radius 1 is 1.36 bits per heavy atom. The van der Waals surface area contributed by atoms with Gasteiger partial charge in [-0.25, -0.2) is 9.37 Å². The van der Waals surface area contributed by atoms with E-state index in [9.17, 15) is 9.18 Å². The molecule has 0 spiro atoms. The first-order valence-corrected chi connectivity index (χ1v) is 9.34. The van der Waals surface area contributed by atoms with Crippen molar-refractivity contribution in [3.63, 3.8) is 0 Å². The second-order valence-electron chi connectivity index (χ2n) is 7.27. The molecule has 2 aliphatic rings. The SMILES string of the molecule is COCC(=O)N1C[C@@H](COc2cccc(C)n2)[C@@H]2COc3ccc(F)cc3[C@@H]21. The highest BCUT2D eigenvalue weighted by atomic mass is 19.1. The average Bonchev–Trinajstić information content (AvgIpc) is 3.06. The van der Waals surface area contributed by atoms with E-state index in [1.165, 1.54) is 19.2 Å². The average molecular weight is 386 g/mol. The first-order valence-electron chi connectivity index (χ1n) is 9.34. The molecule has 148 valence electrons. The maximum Gasteiger partial charge on any atom is 0.249 e. The number of carbonyl (C=O) groups excluding carboxylic acids is 1. The molecule has 1 aromatic heterocycles. The van der Waals surface area contributed by atoms with Crippen LogP contribution >= 0.6 is 0 Å². The van der Waals surface area contributed by atoms with Crippen LogP contribution in [0.25, 0.3) is 0 Å². The highest BCUT2D eigenvalue weighted by Gasteiger charge is 2.48. The molecule has 0 aliphatic carbocycles. The van der Waals surface area contributed by atoms with E-state index in [0.717, 1.165) is 5.69 Å². The molecule has 28 heavy (non-hydrogen) atoms. The van der Waals surface area contributed by atoms with E-state index in [0.29, 0.717) is 37.0 Å². The molecule has 2 aromatic rings. The van der Waals surface area contributed by atoms with Gasteiger partial charge < -0.3 is 19.1 Å². The fourth-order valence-corrected chi connectivity index (χ4v) is 4.11. The molecule has 4 rings (SSSR count). The Kier molecular flexibility index (Phi) is 5.17. The van der Waals surface area contributed by atoms with Crippen molar-refractivity contribution >= 4 is 5.91 Å². The van der Waals surface area contributed by atoms with Crippen LogP contribution in [-0.4, -0.2) is 49.3 Å². The Morgan fingerprint density at radius 2 is 2.21 bits per heavy atom. The summed E-state index contributed by atoms with van der Waals surface area (Å²) in [7, 11) is 1.49. The molecule has 1 saturated heterocycles. The summed E-state index contributed by atoms with van der Waals surface area (Å²) >= 11 is 0. The summed E-state index contributed by atoms with van der Waals surface area (Å²) in [5.74, 6) is 0.780. The van der Waals surface area contributed by atoms with E-state index in [1.807, 2.05) is 25.1 Å². The van der Waals surface area contributed by atoms with Gasteiger partial charge in [0.25, 0.3) is 0 Å². The zero-order valence-corrected chi connectivity index (χ0v) is 15.9. The van der Waals surface area contributed by atoms with Crippen molar-refractivity contribution in [3.05, 3.63) is 53.5 Å². The highest BCUT2D eigenvalue weighted by Crippen LogP contribution is 2.47. The lowest BCUT2D eigenvalue weighted by atomic mass is 9.85. The summed E-state index contributed by atoms with van der Waals surface area (Å²) in [5.41, 5.74) is 1.58. The molecule has 2 aliphatic heterocycles. The number of nitrogens with zero attached hydrogens (tertiary/aromatic N) is 2. The van der Waals surface area contributed by atoms with Crippen molar-refractivity contribution in [2.45, 2.75) is 13.0 Å². The number of likely N-dealkylation sites (tertiary alicyclic amines) is 1. The quantitative estimate of drug-likeness (QED) is 0.791. The molecule has 3 atom stereocenters. The maximum absolute atomic E-state index is 13.9. The number of amides is 1. The molecule has 0 N–H and O–H groups in total. The number of methoxy groups -OCH3 is 1. The van der Waals surface area contributed by atoms with Crippen LogP contribution in [0.4, 0.5) is 4.39 Å². The Morgan fingerprint density at radius 3 is 3.00 bits per heavy atom. The summed E-state index contributed by atoms with van der Waals surface area (Å²) < 4.78 is 30.7. The molecule has 3 heterocycles. The van der Waals surface area contributed by atoms with Crippen LogP contribution in [0, 0.1) is 24.6 Å². The number of fused-ring (bicyclic) bond motifs is 3. The van der Waals surface area contributed by atoms with Gasteiger partial charge in [-0.3, -0.25) is 4.79 Å². The Labute approximate surface area is 163 Å². The summed E-state index contributed by atoms with van der Waals surface area (Å²) in [6.45, 7) is 3.26. The second kappa shape index (κ2) is 7.75. The summed E-state index contributed by atoms with van der Waals surface area (Å²) in [6, 6.07) is 9.83. The lowest BCUT2D eigenvalue weighted by molar-refractivity contribution is -0.136. The fraction of sp³-hybridized carbons (Fsp3) is 0.429. The van der Waals surface area contributed by atoms with E-state index in [-0.39, 0.29) is 36.2 Å². The third-order valence-electron chi connectivity index (χ3n) is 5.40. The predicted molar refractivity (Wildman–Crippen MR) is 99.7 cm³/mol. The molecular formula is C21H23FN2O4. The third kappa shape index (κ3) is 3.54. The number of rotatable bonds is 5. The highest BCUT2D eigenvalue weighted by molar-refractivity contribution is 5.78. The number of pyridine rings is 1. The van der Waals surface area contributed by atoms with Crippen LogP contribution in [0.3, 0.4) is 0 Å². The number of aryl methyl sites for hydroxylation is 1. The predicted octanol–water partition coefficient (Wildman–Crippen LogP) is 2.76.